The smallest absolute Gasteiger partial charge is 0.320 e. The van der Waals surface area contributed by atoms with E-state index in [1.165, 1.54) is 4.68 Å². The van der Waals surface area contributed by atoms with Crippen molar-refractivity contribution in [1.29, 1.82) is 0 Å². The molecule has 1 unspecified atom stereocenters. The first-order chi connectivity index (χ1) is 10.4. The molecule has 1 aliphatic heterocycles. The van der Waals surface area contributed by atoms with Crippen LogP contribution < -0.4 is 10.6 Å². The summed E-state index contributed by atoms with van der Waals surface area (Å²) in [6.45, 7) is 2.46. The van der Waals surface area contributed by atoms with E-state index in [0.717, 1.165) is 12.8 Å². The van der Waals surface area contributed by atoms with E-state index in [9.17, 15) is 13.6 Å². The van der Waals surface area contributed by atoms with E-state index < -0.39 is 12.5 Å². The minimum Gasteiger partial charge on any atom is -0.336 e. The van der Waals surface area contributed by atoms with E-state index in [4.69, 9.17) is 11.6 Å². The Morgan fingerprint density at radius 3 is 2.86 bits per heavy atom. The average molecular weight is 336 g/mol. The Balaban J connectivity index is 1.85. The lowest BCUT2D eigenvalue weighted by Gasteiger charge is -2.24. The van der Waals surface area contributed by atoms with E-state index in [0.29, 0.717) is 29.6 Å². The van der Waals surface area contributed by atoms with Gasteiger partial charge in [0.25, 0.3) is 6.43 Å². The summed E-state index contributed by atoms with van der Waals surface area (Å²) in [6, 6.07) is -0.475. The molecule has 0 saturated carbocycles. The monoisotopic (exact) mass is 335 g/mol. The fourth-order valence-corrected chi connectivity index (χ4v) is 2.88. The summed E-state index contributed by atoms with van der Waals surface area (Å²) in [6.07, 6.45) is -0.683. The molecule has 0 aromatic carbocycles. The van der Waals surface area contributed by atoms with Crippen LogP contribution in [0.3, 0.4) is 0 Å². The zero-order valence-electron chi connectivity index (χ0n) is 12.6. The molecule has 6 nitrogen and oxygen atoms in total. The number of amides is 2. The van der Waals surface area contributed by atoms with E-state index in [2.05, 4.69) is 15.7 Å². The summed E-state index contributed by atoms with van der Waals surface area (Å²) in [5.41, 5.74) is 0.623. The predicted molar refractivity (Wildman–Crippen MR) is 80.6 cm³/mol. The van der Waals surface area contributed by atoms with Crippen molar-refractivity contribution in [2.45, 2.75) is 32.2 Å². The van der Waals surface area contributed by atoms with Crippen LogP contribution in [0.5, 0.6) is 0 Å². The summed E-state index contributed by atoms with van der Waals surface area (Å²) >= 11 is 6.05. The van der Waals surface area contributed by atoms with Gasteiger partial charge >= 0.3 is 6.03 Å². The fourth-order valence-electron chi connectivity index (χ4n) is 2.67. The molecular formula is C13H20ClF2N5O. The maximum absolute atomic E-state index is 12.5. The van der Waals surface area contributed by atoms with Gasteiger partial charge in [0.1, 0.15) is 5.02 Å². The van der Waals surface area contributed by atoms with Gasteiger partial charge in [0.15, 0.2) is 5.82 Å². The van der Waals surface area contributed by atoms with Crippen molar-refractivity contribution in [2.75, 3.05) is 25.0 Å². The maximum Gasteiger partial charge on any atom is 0.320 e. The highest BCUT2D eigenvalue weighted by atomic mass is 35.5. The lowest BCUT2D eigenvalue weighted by Crippen LogP contribution is -2.43. The van der Waals surface area contributed by atoms with Crippen molar-refractivity contribution < 1.29 is 13.6 Å². The Kier molecular flexibility index (Phi) is 5.57. The summed E-state index contributed by atoms with van der Waals surface area (Å²) in [4.78, 5) is 13.6. The van der Waals surface area contributed by atoms with Crippen LogP contribution in [0.25, 0.3) is 0 Å². The number of carbonyl (C=O) groups excluding carboxylic acids is 1. The van der Waals surface area contributed by atoms with Crippen LogP contribution in [0, 0.1) is 6.92 Å². The highest BCUT2D eigenvalue weighted by Gasteiger charge is 2.27. The van der Waals surface area contributed by atoms with Crippen LogP contribution in [-0.2, 0) is 7.05 Å². The van der Waals surface area contributed by atoms with Gasteiger partial charge in [0.2, 0.25) is 0 Å². The first kappa shape index (κ1) is 17.0. The molecule has 1 atom stereocenters. The Bertz CT molecular complexity index is 537. The van der Waals surface area contributed by atoms with Crippen LogP contribution >= 0.6 is 11.6 Å². The normalized spacial score (nSPS) is 18.9. The fraction of sp³-hybridized carbons (Fsp3) is 0.692. The first-order valence-corrected chi connectivity index (χ1v) is 7.52. The summed E-state index contributed by atoms with van der Waals surface area (Å²) in [5, 5.41) is 9.82. The number of anilines is 1. The number of halogens is 3. The van der Waals surface area contributed by atoms with Crippen molar-refractivity contribution in [3.05, 3.63) is 10.7 Å². The van der Waals surface area contributed by atoms with E-state index in [-0.39, 0.29) is 12.6 Å². The molecule has 0 bridgehead atoms. The molecular weight excluding hydrogens is 316 g/mol. The minimum absolute atomic E-state index is 0.0523. The number of nitrogens with one attached hydrogen (secondary N) is 2. The number of hydrogen-bond donors (Lipinski definition) is 2. The van der Waals surface area contributed by atoms with Crippen LogP contribution in [0.4, 0.5) is 19.4 Å². The van der Waals surface area contributed by atoms with Crippen LogP contribution in [0.15, 0.2) is 0 Å². The Labute approximate surface area is 132 Å². The Morgan fingerprint density at radius 1 is 1.55 bits per heavy atom. The quantitative estimate of drug-likeness (QED) is 0.867. The van der Waals surface area contributed by atoms with Gasteiger partial charge in [-0.05, 0) is 26.3 Å². The highest BCUT2D eigenvalue weighted by molar-refractivity contribution is 6.34. The van der Waals surface area contributed by atoms with E-state index >= 15 is 0 Å². The van der Waals surface area contributed by atoms with Gasteiger partial charge in [-0.1, -0.05) is 11.6 Å². The van der Waals surface area contributed by atoms with Crippen molar-refractivity contribution in [3.63, 3.8) is 0 Å². The largest absolute Gasteiger partial charge is 0.336 e. The molecule has 1 saturated heterocycles. The molecule has 124 valence electrons. The zero-order valence-corrected chi connectivity index (χ0v) is 13.3. The van der Waals surface area contributed by atoms with Crippen molar-refractivity contribution in [2.24, 2.45) is 7.05 Å². The van der Waals surface area contributed by atoms with Gasteiger partial charge in [-0.3, -0.25) is 14.9 Å². The standard InChI is InChI=1S/C13H20ClF2N5O/c1-8-11(14)12(20(2)19-8)18-13(22)17-6-9-4-3-5-21(9)7-10(15)16/h9-10H,3-7H2,1-2H3,(H2,17,18,22). The van der Waals surface area contributed by atoms with Gasteiger partial charge < -0.3 is 5.32 Å². The topological polar surface area (TPSA) is 62.2 Å². The van der Waals surface area contributed by atoms with E-state index in [1.54, 1.807) is 18.9 Å². The lowest BCUT2D eigenvalue weighted by molar-refractivity contribution is 0.0826. The van der Waals surface area contributed by atoms with E-state index in [1.807, 2.05) is 0 Å². The second kappa shape index (κ2) is 7.23. The van der Waals surface area contributed by atoms with Crippen LogP contribution in [0.2, 0.25) is 5.02 Å². The number of hydrogen-bond acceptors (Lipinski definition) is 3. The molecule has 0 aliphatic carbocycles. The van der Waals surface area contributed by atoms with Crippen molar-refractivity contribution >= 4 is 23.4 Å². The lowest BCUT2D eigenvalue weighted by atomic mass is 10.2. The van der Waals surface area contributed by atoms with Crippen molar-refractivity contribution in [3.8, 4) is 0 Å². The van der Waals surface area contributed by atoms with Gasteiger partial charge in [-0.2, -0.15) is 5.10 Å². The number of rotatable bonds is 5. The second-order valence-corrected chi connectivity index (χ2v) is 5.77. The number of carbonyl (C=O) groups is 1. The molecule has 0 radical (unpaired) electrons. The average Bonchev–Trinajstić information content (AvgIpc) is 2.96. The molecule has 1 aromatic heterocycles. The SMILES string of the molecule is Cc1nn(C)c(NC(=O)NCC2CCCN2CC(F)F)c1Cl. The molecule has 2 N–H and O–H groups in total. The predicted octanol–water partition coefficient (Wildman–Crippen LogP) is 2.23. The number of urea groups is 1. The Hall–Kier alpha value is -1.41. The summed E-state index contributed by atoms with van der Waals surface area (Å²) in [5.74, 6) is 0.410. The van der Waals surface area contributed by atoms with Crippen LogP contribution in [0.1, 0.15) is 18.5 Å². The van der Waals surface area contributed by atoms with Gasteiger partial charge in [0.05, 0.1) is 12.2 Å². The first-order valence-electron chi connectivity index (χ1n) is 7.14. The summed E-state index contributed by atoms with van der Waals surface area (Å²) in [7, 11) is 1.68. The molecule has 9 heteroatoms. The number of alkyl halides is 2. The molecule has 0 spiro atoms. The molecule has 1 fully saturated rings. The third-order valence-corrected chi connectivity index (χ3v) is 4.20. The number of aromatic nitrogens is 2. The number of likely N-dealkylation sites (tertiary alicyclic amines) is 1. The second-order valence-electron chi connectivity index (χ2n) is 5.39. The molecule has 2 heterocycles. The third kappa shape index (κ3) is 4.07. The molecule has 1 aromatic rings. The maximum atomic E-state index is 12.5. The minimum atomic E-state index is -2.36. The number of aryl methyl sites for hydroxylation is 2. The van der Waals surface area contributed by atoms with Crippen molar-refractivity contribution in [1.82, 2.24) is 20.0 Å². The summed E-state index contributed by atoms with van der Waals surface area (Å²) < 4.78 is 26.4. The zero-order chi connectivity index (χ0) is 16.3. The number of nitrogens with zero attached hydrogens (tertiary/aromatic N) is 3. The third-order valence-electron chi connectivity index (χ3n) is 3.75. The Morgan fingerprint density at radius 2 is 2.27 bits per heavy atom. The molecule has 1 aliphatic rings. The highest BCUT2D eigenvalue weighted by Crippen LogP contribution is 2.24. The molecule has 2 amide bonds. The molecule has 2 rings (SSSR count). The molecule has 22 heavy (non-hydrogen) atoms. The van der Waals surface area contributed by atoms with Crippen LogP contribution in [-0.4, -0.2) is 52.8 Å². The van der Waals surface area contributed by atoms with Gasteiger partial charge in [0, 0.05) is 19.6 Å². The van der Waals surface area contributed by atoms with Gasteiger partial charge in [-0.15, -0.1) is 0 Å². The van der Waals surface area contributed by atoms with Gasteiger partial charge in [-0.25, -0.2) is 13.6 Å².